The van der Waals surface area contributed by atoms with Crippen LogP contribution in [0.15, 0.2) is 36.4 Å². The molecule has 0 saturated heterocycles. The van der Waals surface area contributed by atoms with E-state index >= 15 is 0 Å². The van der Waals surface area contributed by atoms with Gasteiger partial charge in [-0.1, -0.05) is 12.1 Å². The quantitative estimate of drug-likeness (QED) is 0.642. The molecule has 1 aliphatic heterocycles. The van der Waals surface area contributed by atoms with Crippen molar-refractivity contribution in [3.8, 4) is 17.2 Å². The number of fused-ring (bicyclic) bond motifs is 1. The Morgan fingerprint density at radius 2 is 1.71 bits per heavy atom. The molecule has 2 aromatic rings. The second-order valence-corrected chi connectivity index (χ2v) is 4.96. The smallest absolute Gasteiger partial charge is 0.335 e. The number of ketones is 1. The van der Waals surface area contributed by atoms with Gasteiger partial charge < -0.3 is 24.1 Å². The summed E-state index contributed by atoms with van der Waals surface area (Å²) >= 11 is 0. The zero-order valence-corrected chi connectivity index (χ0v) is 12.8. The Labute approximate surface area is 137 Å². The first-order valence-corrected chi connectivity index (χ1v) is 7.03. The van der Waals surface area contributed by atoms with Gasteiger partial charge in [-0.3, -0.25) is 4.79 Å². The lowest BCUT2D eigenvalue weighted by Gasteiger charge is -2.11. The molecule has 0 fully saturated rings. The molecule has 0 aliphatic carbocycles. The molecule has 1 aliphatic rings. The van der Waals surface area contributed by atoms with Crippen LogP contribution in [-0.2, 0) is 4.74 Å². The number of aromatic carboxylic acids is 1. The zero-order chi connectivity index (χ0) is 17.1. The van der Waals surface area contributed by atoms with E-state index in [-0.39, 0.29) is 30.5 Å². The van der Waals surface area contributed by atoms with Crippen LogP contribution in [0.25, 0.3) is 0 Å². The normalized spacial score (nSPS) is 12.0. The van der Waals surface area contributed by atoms with Crippen LogP contribution in [0.3, 0.4) is 0 Å². The second kappa shape index (κ2) is 6.59. The molecule has 124 valence electrons. The fourth-order valence-electron chi connectivity index (χ4n) is 2.26. The second-order valence-electron chi connectivity index (χ2n) is 4.96. The molecule has 1 N–H and O–H groups in total. The first kappa shape index (κ1) is 15.8. The Morgan fingerprint density at radius 1 is 1.08 bits per heavy atom. The van der Waals surface area contributed by atoms with Crippen LogP contribution >= 0.6 is 0 Å². The topological polar surface area (TPSA) is 91.3 Å². The molecule has 7 heteroatoms. The molecule has 0 saturated carbocycles. The number of ether oxygens (including phenoxy) is 4. The fraction of sp³-hybridized carbons (Fsp3) is 0.176. The van der Waals surface area contributed by atoms with Gasteiger partial charge in [-0.25, -0.2) is 4.79 Å². The van der Waals surface area contributed by atoms with E-state index in [1.165, 1.54) is 31.4 Å². The third-order valence-corrected chi connectivity index (χ3v) is 3.45. The van der Waals surface area contributed by atoms with E-state index in [2.05, 4.69) is 0 Å². The van der Waals surface area contributed by atoms with E-state index in [4.69, 9.17) is 24.1 Å². The van der Waals surface area contributed by atoms with Crippen LogP contribution in [-0.4, -0.2) is 37.6 Å². The number of carbonyl (C=O) groups excluding carboxylic acids is 1. The molecule has 0 spiro atoms. The summed E-state index contributed by atoms with van der Waals surface area (Å²) in [6.45, 7) is 0.0435. The van der Waals surface area contributed by atoms with Gasteiger partial charge in [-0.05, 0) is 18.2 Å². The van der Waals surface area contributed by atoms with E-state index in [1.54, 1.807) is 12.1 Å². The Kier molecular flexibility index (Phi) is 4.35. The Hall–Kier alpha value is -3.06. The molecule has 0 bridgehead atoms. The van der Waals surface area contributed by atoms with Gasteiger partial charge in [-0.2, -0.15) is 0 Å². The lowest BCUT2D eigenvalue weighted by molar-refractivity contribution is 0.0502. The van der Waals surface area contributed by atoms with Crippen LogP contribution in [0.2, 0.25) is 0 Å². The average Bonchev–Trinajstić information content (AvgIpc) is 3.05. The van der Waals surface area contributed by atoms with Crippen molar-refractivity contribution in [3.63, 3.8) is 0 Å². The van der Waals surface area contributed by atoms with Gasteiger partial charge in [0.2, 0.25) is 6.79 Å². The number of carboxylic acid groups (broad SMARTS) is 1. The van der Waals surface area contributed by atoms with Crippen LogP contribution in [0.1, 0.15) is 26.3 Å². The number of rotatable bonds is 6. The van der Waals surface area contributed by atoms with E-state index < -0.39 is 5.97 Å². The molecule has 0 aromatic heterocycles. The maximum Gasteiger partial charge on any atom is 0.335 e. The SMILES string of the molecule is COCOc1cc2c(cc1C(=O)c1ccc(C(=O)O)cc1)OCO2. The highest BCUT2D eigenvalue weighted by atomic mass is 16.7. The van der Waals surface area contributed by atoms with Gasteiger partial charge in [0.25, 0.3) is 0 Å². The highest BCUT2D eigenvalue weighted by molar-refractivity contribution is 6.11. The molecule has 3 rings (SSSR count). The van der Waals surface area contributed by atoms with E-state index in [9.17, 15) is 9.59 Å². The van der Waals surface area contributed by atoms with Crippen molar-refractivity contribution >= 4 is 11.8 Å². The summed E-state index contributed by atoms with van der Waals surface area (Å²) in [5, 5.41) is 8.93. The van der Waals surface area contributed by atoms with Crippen molar-refractivity contribution in [1.82, 2.24) is 0 Å². The summed E-state index contributed by atoms with van der Waals surface area (Å²) in [5.41, 5.74) is 0.716. The number of carboxylic acids is 1. The minimum Gasteiger partial charge on any atom is -0.478 e. The first-order valence-electron chi connectivity index (χ1n) is 7.03. The maximum absolute atomic E-state index is 12.7. The van der Waals surface area contributed by atoms with Gasteiger partial charge in [-0.15, -0.1) is 0 Å². The van der Waals surface area contributed by atoms with Crippen molar-refractivity contribution in [1.29, 1.82) is 0 Å². The summed E-state index contributed by atoms with van der Waals surface area (Å²) in [6.07, 6.45) is 0. The van der Waals surface area contributed by atoms with Crippen molar-refractivity contribution in [2.24, 2.45) is 0 Å². The molecular formula is C17H14O7. The van der Waals surface area contributed by atoms with Gasteiger partial charge in [0.05, 0.1) is 11.1 Å². The highest BCUT2D eigenvalue weighted by Crippen LogP contribution is 2.39. The van der Waals surface area contributed by atoms with Crippen LogP contribution in [0, 0.1) is 0 Å². The van der Waals surface area contributed by atoms with Gasteiger partial charge >= 0.3 is 5.97 Å². The lowest BCUT2D eigenvalue weighted by Crippen LogP contribution is -2.08. The molecule has 0 unspecified atom stereocenters. The Bertz CT molecular complexity index is 780. The number of hydrogen-bond acceptors (Lipinski definition) is 6. The summed E-state index contributed by atoms with van der Waals surface area (Å²) < 4.78 is 20.9. The van der Waals surface area contributed by atoms with Crippen molar-refractivity contribution in [3.05, 3.63) is 53.1 Å². The van der Waals surface area contributed by atoms with Crippen molar-refractivity contribution < 1.29 is 33.6 Å². The van der Waals surface area contributed by atoms with Crippen LogP contribution in [0.5, 0.6) is 17.2 Å². The number of carbonyl (C=O) groups is 2. The molecular weight excluding hydrogens is 316 g/mol. The zero-order valence-electron chi connectivity index (χ0n) is 12.8. The van der Waals surface area contributed by atoms with Crippen LogP contribution < -0.4 is 14.2 Å². The summed E-state index contributed by atoms with van der Waals surface area (Å²) in [4.78, 5) is 23.6. The minimum atomic E-state index is -1.05. The molecule has 1 heterocycles. The highest BCUT2D eigenvalue weighted by Gasteiger charge is 2.23. The summed E-state index contributed by atoms with van der Waals surface area (Å²) in [5.74, 6) is -0.143. The largest absolute Gasteiger partial charge is 0.478 e. The fourth-order valence-corrected chi connectivity index (χ4v) is 2.26. The molecule has 2 aromatic carbocycles. The summed E-state index contributed by atoms with van der Waals surface area (Å²) in [7, 11) is 1.47. The predicted octanol–water partition coefficient (Wildman–Crippen LogP) is 2.33. The standard InChI is InChI=1S/C17H14O7/c1-21-8-22-13-7-15-14(23-9-24-15)6-12(13)16(18)10-2-4-11(5-3-10)17(19)20/h2-7H,8-9H2,1H3,(H,19,20). The lowest BCUT2D eigenvalue weighted by atomic mass is 10.0. The maximum atomic E-state index is 12.7. The Balaban J connectivity index is 1.97. The third-order valence-electron chi connectivity index (χ3n) is 3.45. The minimum absolute atomic E-state index is 0.0299. The van der Waals surface area contributed by atoms with Crippen molar-refractivity contribution in [2.45, 2.75) is 0 Å². The first-order chi connectivity index (χ1) is 11.6. The summed E-state index contributed by atoms with van der Waals surface area (Å²) in [6, 6.07) is 8.77. The molecule has 0 radical (unpaired) electrons. The number of hydrogen-bond donors (Lipinski definition) is 1. The monoisotopic (exact) mass is 330 g/mol. The van der Waals surface area contributed by atoms with Gasteiger partial charge in [0.1, 0.15) is 5.75 Å². The molecule has 0 atom stereocenters. The number of methoxy groups -OCH3 is 1. The van der Waals surface area contributed by atoms with Crippen LogP contribution in [0.4, 0.5) is 0 Å². The molecule has 24 heavy (non-hydrogen) atoms. The third kappa shape index (κ3) is 3.02. The van der Waals surface area contributed by atoms with E-state index in [0.717, 1.165) is 0 Å². The van der Waals surface area contributed by atoms with E-state index in [0.29, 0.717) is 22.8 Å². The van der Waals surface area contributed by atoms with Gasteiger partial charge in [0.15, 0.2) is 24.1 Å². The Morgan fingerprint density at radius 3 is 2.33 bits per heavy atom. The van der Waals surface area contributed by atoms with Gasteiger partial charge in [0, 0.05) is 18.7 Å². The average molecular weight is 330 g/mol. The molecule has 0 amide bonds. The number of benzene rings is 2. The molecule has 7 nitrogen and oxygen atoms in total. The van der Waals surface area contributed by atoms with Crippen molar-refractivity contribution in [2.75, 3.05) is 20.7 Å². The van der Waals surface area contributed by atoms with E-state index in [1.807, 2.05) is 0 Å². The predicted molar refractivity (Wildman–Crippen MR) is 81.9 cm³/mol.